The third-order valence-corrected chi connectivity index (χ3v) is 15.1. The van der Waals surface area contributed by atoms with Gasteiger partial charge in [0.15, 0.2) is 5.78 Å². The number of nitrogens with one attached hydrogen (secondary N) is 1. The van der Waals surface area contributed by atoms with E-state index in [-0.39, 0.29) is 40.9 Å². The molecule has 6 aliphatic rings. The van der Waals surface area contributed by atoms with Crippen molar-refractivity contribution in [1.82, 2.24) is 9.88 Å². The summed E-state index contributed by atoms with van der Waals surface area (Å²) in [5, 5.41) is 27.8. The van der Waals surface area contributed by atoms with Gasteiger partial charge in [0.1, 0.15) is 6.04 Å². The molecule has 0 bridgehead atoms. The molecule has 8 rings (SSSR count). The average molecular weight is 717 g/mol. The van der Waals surface area contributed by atoms with Gasteiger partial charge in [-0.15, -0.1) is 6.42 Å². The largest absolute Gasteiger partial charge is 0.392 e. The Morgan fingerprint density at radius 1 is 1.13 bits per heavy atom. The number of nitrogens with zero attached hydrogens (tertiary/aromatic N) is 1. The number of terminal acetylenes is 1. The van der Waals surface area contributed by atoms with Gasteiger partial charge in [-0.05, 0) is 120 Å². The highest BCUT2D eigenvalue weighted by Crippen LogP contribution is 2.71. The fraction of sp³-hybridized carbons (Fsp3) is 0.565. The molecule has 53 heavy (non-hydrogen) atoms. The zero-order valence-electron chi connectivity index (χ0n) is 32.9. The van der Waals surface area contributed by atoms with Crippen molar-refractivity contribution in [3.63, 3.8) is 0 Å². The summed E-state index contributed by atoms with van der Waals surface area (Å²) in [5.74, 6) is 2.53. The van der Waals surface area contributed by atoms with Crippen molar-refractivity contribution in [2.24, 2.45) is 28.6 Å². The maximum absolute atomic E-state index is 14.9. The second-order valence-corrected chi connectivity index (χ2v) is 18.9. The monoisotopic (exact) mass is 716 g/mol. The molecular weight excluding hydrogens is 661 g/mol. The fourth-order valence-electron chi connectivity index (χ4n) is 12.9. The first-order chi connectivity index (χ1) is 24.7. The van der Waals surface area contributed by atoms with Gasteiger partial charge in [0.25, 0.3) is 0 Å². The number of aliphatic hydroxyl groups is 2. The van der Waals surface area contributed by atoms with Crippen LogP contribution in [0, 0.1) is 40.9 Å². The highest BCUT2D eigenvalue weighted by molar-refractivity contribution is 6.18. The minimum Gasteiger partial charge on any atom is -0.392 e. The van der Waals surface area contributed by atoms with Crippen LogP contribution in [0.25, 0.3) is 16.5 Å². The van der Waals surface area contributed by atoms with Crippen molar-refractivity contribution < 1.29 is 24.5 Å². The van der Waals surface area contributed by atoms with Gasteiger partial charge >= 0.3 is 0 Å². The number of carbonyl (C=O) groups is 2. The maximum atomic E-state index is 14.9. The van der Waals surface area contributed by atoms with Crippen LogP contribution in [0.3, 0.4) is 0 Å². The highest BCUT2D eigenvalue weighted by Gasteiger charge is 2.67. The molecule has 0 spiro atoms. The zero-order valence-corrected chi connectivity index (χ0v) is 32.9. The SMILES string of the molecule is C#CCNC(=O)/C(C)=C/C=C/C1(C)C(O)CCC2(C)C1CCC1Cc3c(n4c5c(c6c(cc35)C3=CC(C)(C)OC(C)(C)C3C6O)C(=O)C4C(=C)C)C12C. The van der Waals surface area contributed by atoms with E-state index in [2.05, 4.69) is 89.1 Å². The molecule has 9 unspecified atom stereocenters. The second kappa shape index (κ2) is 11.4. The number of hydrogen-bond donors (Lipinski definition) is 3. The summed E-state index contributed by atoms with van der Waals surface area (Å²) in [7, 11) is 0. The molecule has 0 saturated heterocycles. The molecule has 2 saturated carbocycles. The molecule has 3 N–H and O–H groups in total. The minimum atomic E-state index is -0.860. The molecule has 1 aromatic carbocycles. The standard InChI is InChI=1S/C46H56N2O5/c1-12-20-47-41(52)25(4)14-13-18-44(9)31-16-15-26-21-29-28-22-27-30-23-42(5,6)53-43(7,8)35(30)38(50)33(27)34-37(28)48(36(24(2)3)39(34)51)40(29)46(26,11)45(31,10)19-17-32(44)49/h1,13-14,18,22-23,26,31-32,35-36,38,49-50H,2,15-17,19-21H2,3-11H3,(H,47,52)/b18-13+,25-14+. The van der Waals surface area contributed by atoms with Crippen molar-refractivity contribution in [3.05, 3.63) is 76.0 Å². The van der Waals surface area contributed by atoms with Crippen molar-refractivity contribution >= 4 is 28.2 Å². The van der Waals surface area contributed by atoms with E-state index in [0.29, 0.717) is 23.5 Å². The van der Waals surface area contributed by atoms with Gasteiger partial charge < -0.3 is 24.8 Å². The van der Waals surface area contributed by atoms with Crippen molar-refractivity contribution in [2.45, 2.75) is 129 Å². The molecule has 2 aliphatic heterocycles. The lowest BCUT2D eigenvalue weighted by molar-refractivity contribution is -0.144. The number of ketones is 1. The zero-order chi connectivity index (χ0) is 38.4. The maximum Gasteiger partial charge on any atom is 0.247 e. The topological polar surface area (TPSA) is 101 Å². The molecule has 4 aliphatic carbocycles. The van der Waals surface area contributed by atoms with Crippen LogP contribution in [0.2, 0.25) is 0 Å². The summed E-state index contributed by atoms with van der Waals surface area (Å²) < 4.78 is 8.89. The molecule has 2 fully saturated rings. The molecule has 1 amide bonds. The summed E-state index contributed by atoms with van der Waals surface area (Å²) in [6.45, 7) is 23.6. The number of benzene rings is 1. The Labute approximate surface area is 314 Å². The number of aliphatic hydroxyl groups excluding tert-OH is 2. The quantitative estimate of drug-likeness (QED) is 0.127. The van der Waals surface area contributed by atoms with Gasteiger partial charge in [0.05, 0.1) is 41.0 Å². The number of fused-ring (bicyclic) bond motifs is 11. The molecule has 2 aromatic rings. The number of amides is 1. The Kier molecular flexibility index (Phi) is 7.81. The van der Waals surface area contributed by atoms with E-state index < -0.39 is 34.9 Å². The van der Waals surface area contributed by atoms with E-state index in [9.17, 15) is 19.8 Å². The van der Waals surface area contributed by atoms with Gasteiger partial charge in [0, 0.05) is 39.0 Å². The predicted molar refractivity (Wildman–Crippen MR) is 209 cm³/mol. The first-order valence-corrected chi connectivity index (χ1v) is 19.6. The number of aromatic nitrogens is 1. The first kappa shape index (κ1) is 36.3. The molecule has 7 heteroatoms. The Balaban J connectivity index is 1.30. The predicted octanol–water partition coefficient (Wildman–Crippen LogP) is 7.85. The lowest BCUT2D eigenvalue weighted by Gasteiger charge is -2.64. The number of hydrogen-bond acceptors (Lipinski definition) is 5. The van der Waals surface area contributed by atoms with Crippen molar-refractivity contribution in [2.75, 3.05) is 6.54 Å². The first-order valence-electron chi connectivity index (χ1n) is 19.6. The average Bonchev–Trinajstić information content (AvgIpc) is 3.74. The van der Waals surface area contributed by atoms with Crippen LogP contribution in [0.15, 0.2) is 48.1 Å². The lowest BCUT2D eigenvalue weighted by atomic mass is 9.40. The molecule has 1 aromatic heterocycles. The summed E-state index contributed by atoms with van der Waals surface area (Å²) in [6, 6.07) is 1.76. The molecule has 280 valence electrons. The number of allylic oxidation sites excluding steroid dienone is 3. The Hall–Kier alpha value is -3.70. The van der Waals surface area contributed by atoms with Crippen LogP contribution in [0.5, 0.6) is 0 Å². The summed E-state index contributed by atoms with van der Waals surface area (Å²) in [5.41, 5.74) is 6.22. The van der Waals surface area contributed by atoms with Gasteiger partial charge in [0.2, 0.25) is 5.91 Å². The van der Waals surface area contributed by atoms with E-state index in [1.807, 2.05) is 19.1 Å². The molecular formula is C46H56N2O5. The van der Waals surface area contributed by atoms with Crippen LogP contribution in [-0.4, -0.2) is 50.3 Å². The number of rotatable bonds is 5. The number of ether oxygens (including phenoxy) is 1. The van der Waals surface area contributed by atoms with Gasteiger partial charge in [-0.1, -0.05) is 57.1 Å². The Morgan fingerprint density at radius 3 is 2.53 bits per heavy atom. The van der Waals surface area contributed by atoms with Crippen molar-refractivity contribution in [3.8, 4) is 12.3 Å². The minimum absolute atomic E-state index is 0.0262. The summed E-state index contributed by atoms with van der Waals surface area (Å²) in [4.78, 5) is 27.4. The van der Waals surface area contributed by atoms with Crippen molar-refractivity contribution in [1.29, 1.82) is 0 Å². The van der Waals surface area contributed by atoms with Gasteiger partial charge in [-0.3, -0.25) is 9.59 Å². The van der Waals surface area contributed by atoms with Gasteiger partial charge in [-0.25, -0.2) is 0 Å². The van der Waals surface area contributed by atoms with E-state index in [4.69, 9.17) is 11.2 Å². The Morgan fingerprint density at radius 2 is 1.85 bits per heavy atom. The van der Waals surface area contributed by atoms with Crippen LogP contribution in [0.4, 0.5) is 0 Å². The third-order valence-electron chi connectivity index (χ3n) is 15.1. The molecule has 3 heterocycles. The van der Waals surface area contributed by atoms with E-state index in [1.54, 1.807) is 6.92 Å². The van der Waals surface area contributed by atoms with Crippen LogP contribution in [-0.2, 0) is 21.4 Å². The second-order valence-electron chi connectivity index (χ2n) is 18.9. The molecule has 7 nitrogen and oxygen atoms in total. The van der Waals surface area contributed by atoms with E-state index in [1.165, 1.54) is 11.3 Å². The van der Waals surface area contributed by atoms with Crippen LogP contribution < -0.4 is 5.32 Å². The van der Waals surface area contributed by atoms with E-state index in [0.717, 1.165) is 58.9 Å². The van der Waals surface area contributed by atoms with Crippen LogP contribution in [0.1, 0.15) is 133 Å². The molecule has 0 radical (unpaired) electrons. The van der Waals surface area contributed by atoms with Crippen LogP contribution >= 0.6 is 0 Å². The summed E-state index contributed by atoms with van der Waals surface area (Å²) in [6.07, 6.45) is 16.5. The third kappa shape index (κ3) is 4.58. The fourth-order valence-corrected chi connectivity index (χ4v) is 12.9. The van der Waals surface area contributed by atoms with E-state index >= 15 is 0 Å². The Bertz CT molecular complexity index is 2150. The summed E-state index contributed by atoms with van der Waals surface area (Å²) >= 11 is 0. The van der Waals surface area contributed by atoms with Gasteiger partial charge in [-0.2, -0.15) is 0 Å². The highest BCUT2D eigenvalue weighted by atomic mass is 16.5. The lowest BCUT2D eigenvalue weighted by Crippen LogP contribution is -2.62. The normalized spacial score (nSPS) is 37.4. The smallest absolute Gasteiger partial charge is 0.247 e. The number of Topliss-reactive ketones (excluding diaryl/α,β-unsaturated/α-hetero) is 1. The number of carbonyl (C=O) groups excluding carboxylic acids is 2. The molecule has 9 atom stereocenters.